The van der Waals surface area contributed by atoms with Gasteiger partial charge >= 0.3 is 5.97 Å². The molecule has 0 saturated carbocycles. The van der Waals surface area contributed by atoms with Gasteiger partial charge in [-0.1, -0.05) is 23.8 Å². The Balaban J connectivity index is 1.35. The molecule has 2 aliphatic rings. The van der Waals surface area contributed by atoms with Crippen molar-refractivity contribution in [2.75, 3.05) is 13.1 Å². The summed E-state index contributed by atoms with van der Waals surface area (Å²) in [4.78, 5) is 49.9. The molecule has 30 heavy (non-hydrogen) atoms. The van der Waals surface area contributed by atoms with Crippen molar-refractivity contribution in [1.82, 2.24) is 10.2 Å². The van der Waals surface area contributed by atoms with Gasteiger partial charge in [-0.2, -0.15) is 0 Å². The van der Waals surface area contributed by atoms with E-state index < -0.39 is 12.1 Å². The highest BCUT2D eigenvalue weighted by atomic mass is 16.5. The lowest BCUT2D eigenvalue weighted by Crippen LogP contribution is -2.36. The summed E-state index contributed by atoms with van der Waals surface area (Å²) >= 11 is 0. The fourth-order valence-electron chi connectivity index (χ4n) is 3.76. The molecule has 0 unspecified atom stereocenters. The molecule has 1 heterocycles. The topological polar surface area (TPSA) is 92.8 Å². The largest absolute Gasteiger partial charge is 0.453 e. The normalized spacial score (nSPS) is 16.7. The van der Waals surface area contributed by atoms with Crippen LogP contribution in [0.4, 0.5) is 0 Å². The molecule has 0 aromatic heterocycles. The Kier molecular flexibility index (Phi) is 7.38. The maximum Gasteiger partial charge on any atom is 0.306 e. The first-order chi connectivity index (χ1) is 14.5. The molecular weight excluding hydrogens is 384 g/mol. The van der Waals surface area contributed by atoms with Crippen LogP contribution in [0.15, 0.2) is 35.9 Å². The van der Waals surface area contributed by atoms with Crippen molar-refractivity contribution in [1.29, 1.82) is 0 Å². The average Bonchev–Trinajstić information content (AvgIpc) is 2.99. The summed E-state index contributed by atoms with van der Waals surface area (Å²) in [6.45, 7) is 2.21. The van der Waals surface area contributed by atoms with E-state index in [4.69, 9.17) is 4.74 Å². The van der Waals surface area contributed by atoms with E-state index in [2.05, 4.69) is 11.4 Å². The lowest BCUT2D eigenvalue weighted by molar-refractivity contribution is -0.154. The Hall–Kier alpha value is -2.96. The van der Waals surface area contributed by atoms with Crippen LogP contribution in [-0.2, 0) is 14.3 Å². The molecule has 1 atom stereocenters. The van der Waals surface area contributed by atoms with Crippen LogP contribution in [-0.4, -0.2) is 47.8 Å². The van der Waals surface area contributed by atoms with Crippen molar-refractivity contribution < 1.29 is 23.9 Å². The van der Waals surface area contributed by atoms with Crippen molar-refractivity contribution in [3.8, 4) is 0 Å². The van der Waals surface area contributed by atoms with Gasteiger partial charge < -0.3 is 10.1 Å². The van der Waals surface area contributed by atoms with Gasteiger partial charge in [0.1, 0.15) is 0 Å². The fourth-order valence-corrected chi connectivity index (χ4v) is 3.76. The summed E-state index contributed by atoms with van der Waals surface area (Å²) in [6, 6.07) is 6.66. The third-order valence-electron chi connectivity index (χ3n) is 5.45. The lowest BCUT2D eigenvalue weighted by Gasteiger charge is -2.16. The van der Waals surface area contributed by atoms with E-state index >= 15 is 0 Å². The van der Waals surface area contributed by atoms with Gasteiger partial charge in [0.15, 0.2) is 6.10 Å². The van der Waals surface area contributed by atoms with Gasteiger partial charge in [-0.05, 0) is 57.6 Å². The Morgan fingerprint density at radius 1 is 1.13 bits per heavy atom. The van der Waals surface area contributed by atoms with Crippen LogP contribution < -0.4 is 5.32 Å². The van der Waals surface area contributed by atoms with Crippen molar-refractivity contribution in [3.05, 3.63) is 47.0 Å². The highest BCUT2D eigenvalue weighted by Gasteiger charge is 2.34. The average molecular weight is 412 g/mol. The van der Waals surface area contributed by atoms with Crippen LogP contribution in [0, 0.1) is 0 Å². The zero-order valence-corrected chi connectivity index (χ0v) is 17.3. The van der Waals surface area contributed by atoms with Crippen LogP contribution >= 0.6 is 0 Å². The molecule has 1 aliphatic carbocycles. The number of imide groups is 1. The van der Waals surface area contributed by atoms with Gasteiger partial charge in [-0.15, -0.1) is 0 Å². The first-order valence-electron chi connectivity index (χ1n) is 10.6. The third-order valence-corrected chi connectivity index (χ3v) is 5.45. The van der Waals surface area contributed by atoms with Gasteiger partial charge in [0.2, 0.25) is 0 Å². The molecule has 7 heteroatoms. The SMILES string of the molecule is C[C@@H](OC(=O)CCCN1C(=O)c2ccccc2C1=O)C(=O)NCCC1=CCCCC1. The number of nitrogens with one attached hydrogen (secondary N) is 1. The number of carbonyl (C=O) groups is 4. The minimum atomic E-state index is -0.878. The Morgan fingerprint density at radius 2 is 1.83 bits per heavy atom. The second-order valence-corrected chi connectivity index (χ2v) is 7.69. The summed E-state index contributed by atoms with van der Waals surface area (Å²) in [5.74, 6) is -1.53. The number of hydrogen-bond donors (Lipinski definition) is 1. The van der Waals surface area contributed by atoms with E-state index in [1.807, 2.05) is 0 Å². The number of esters is 1. The van der Waals surface area contributed by atoms with Gasteiger partial charge in [0.25, 0.3) is 17.7 Å². The molecule has 3 amide bonds. The molecule has 1 N–H and O–H groups in total. The maximum atomic E-state index is 12.3. The predicted molar refractivity (Wildman–Crippen MR) is 111 cm³/mol. The molecule has 0 fully saturated rings. The number of benzene rings is 1. The molecule has 1 aromatic carbocycles. The summed E-state index contributed by atoms with van der Waals surface area (Å²) in [5.41, 5.74) is 2.15. The number of hydrogen-bond acceptors (Lipinski definition) is 5. The van der Waals surface area contributed by atoms with Gasteiger partial charge in [-0.25, -0.2) is 0 Å². The number of amides is 3. The maximum absolute atomic E-state index is 12.3. The Bertz CT molecular complexity index is 826. The number of allylic oxidation sites excluding steroid dienone is 1. The van der Waals surface area contributed by atoms with E-state index in [9.17, 15) is 19.2 Å². The van der Waals surface area contributed by atoms with Crippen molar-refractivity contribution >= 4 is 23.7 Å². The minimum absolute atomic E-state index is 0.0257. The minimum Gasteiger partial charge on any atom is -0.453 e. The number of rotatable bonds is 9. The predicted octanol–water partition coefficient (Wildman–Crippen LogP) is 3.00. The molecule has 0 spiro atoms. The van der Waals surface area contributed by atoms with Crippen LogP contribution in [0.3, 0.4) is 0 Å². The second-order valence-electron chi connectivity index (χ2n) is 7.69. The highest BCUT2D eigenvalue weighted by Crippen LogP contribution is 2.22. The summed E-state index contributed by atoms with van der Waals surface area (Å²) in [5, 5.41) is 2.80. The number of ether oxygens (including phenoxy) is 1. The zero-order chi connectivity index (χ0) is 21.5. The number of fused-ring (bicyclic) bond motifs is 1. The monoisotopic (exact) mass is 412 g/mol. The van der Waals surface area contributed by atoms with Crippen LogP contribution in [0.1, 0.15) is 72.6 Å². The van der Waals surface area contributed by atoms with E-state index in [1.54, 1.807) is 24.3 Å². The lowest BCUT2D eigenvalue weighted by atomic mass is 9.97. The van der Waals surface area contributed by atoms with Gasteiger partial charge in [0, 0.05) is 19.5 Å². The fraction of sp³-hybridized carbons (Fsp3) is 0.478. The molecular formula is C23H28N2O5. The summed E-state index contributed by atoms with van der Waals surface area (Å²) in [7, 11) is 0. The van der Waals surface area contributed by atoms with Gasteiger partial charge in [0.05, 0.1) is 11.1 Å². The van der Waals surface area contributed by atoms with Gasteiger partial charge in [-0.3, -0.25) is 24.1 Å². The van der Waals surface area contributed by atoms with E-state index in [1.165, 1.54) is 25.3 Å². The molecule has 0 radical (unpaired) electrons. The van der Waals surface area contributed by atoms with Crippen LogP contribution in [0.2, 0.25) is 0 Å². The Morgan fingerprint density at radius 3 is 2.47 bits per heavy atom. The summed E-state index contributed by atoms with van der Waals surface area (Å²) in [6.07, 6.45) is 7.14. The number of nitrogens with zero attached hydrogens (tertiary/aromatic N) is 1. The summed E-state index contributed by atoms with van der Waals surface area (Å²) < 4.78 is 5.18. The zero-order valence-electron chi connectivity index (χ0n) is 17.3. The highest BCUT2D eigenvalue weighted by molar-refractivity contribution is 6.21. The Labute approximate surface area is 176 Å². The van der Waals surface area contributed by atoms with Crippen molar-refractivity contribution in [2.24, 2.45) is 0 Å². The molecule has 3 rings (SSSR count). The molecule has 1 aliphatic heterocycles. The van der Waals surface area contributed by atoms with E-state index in [0.717, 1.165) is 24.2 Å². The standard InChI is InChI=1S/C23H28N2O5/c1-16(21(27)24-14-13-17-8-3-2-4-9-17)30-20(26)12-7-15-25-22(28)18-10-5-6-11-19(18)23(25)29/h5-6,8,10-11,16H,2-4,7,9,12-15H2,1H3,(H,24,27)/t16-/m1/s1. The molecule has 0 bridgehead atoms. The molecule has 0 saturated heterocycles. The quantitative estimate of drug-likeness (QED) is 0.382. The smallest absolute Gasteiger partial charge is 0.306 e. The third kappa shape index (κ3) is 5.34. The van der Waals surface area contributed by atoms with Crippen LogP contribution in [0.5, 0.6) is 0 Å². The molecule has 7 nitrogen and oxygen atoms in total. The van der Waals surface area contributed by atoms with Crippen molar-refractivity contribution in [2.45, 2.75) is 58.0 Å². The van der Waals surface area contributed by atoms with Crippen molar-refractivity contribution in [3.63, 3.8) is 0 Å². The first-order valence-corrected chi connectivity index (χ1v) is 10.6. The van der Waals surface area contributed by atoms with E-state index in [-0.39, 0.29) is 37.1 Å². The molecule has 160 valence electrons. The second kappa shape index (κ2) is 10.2. The molecule has 1 aromatic rings. The number of carbonyl (C=O) groups excluding carboxylic acids is 4. The first kappa shape index (κ1) is 21.7. The van der Waals surface area contributed by atoms with Crippen LogP contribution in [0.25, 0.3) is 0 Å². The van der Waals surface area contributed by atoms with E-state index in [0.29, 0.717) is 17.7 Å².